The van der Waals surface area contributed by atoms with Crippen molar-refractivity contribution in [2.24, 2.45) is 0 Å². The molecule has 2 fully saturated rings. The number of amides is 1. The van der Waals surface area contributed by atoms with Gasteiger partial charge >= 0.3 is 5.69 Å². The van der Waals surface area contributed by atoms with Crippen LogP contribution in [0.25, 0.3) is 21.3 Å². The van der Waals surface area contributed by atoms with Gasteiger partial charge in [-0.15, -0.1) is 11.3 Å². The van der Waals surface area contributed by atoms with Gasteiger partial charge in [-0.3, -0.25) is 18.7 Å². The second-order valence-corrected chi connectivity index (χ2v) is 11.9. The van der Waals surface area contributed by atoms with Crippen molar-refractivity contribution in [1.82, 2.24) is 24.4 Å². The van der Waals surface area contributed by atoms with E-state index in [1.807, 2.05) is 30.0 Å². The molecule has 4 aromatic rings. The molecule has 11 heteroatoms. The number of aromatic nitrogens is 4. The summed E-state index contributed by atoms with van der Waals surface area (Å²) in [4.78, 5) is 49.9. The van der Waals surface area contributed by atoms with Gasteiger partial charge in [0.1, 0.15) is 16.3 Å². The molecule has 5 heterocycles. The van der Waals surface area contributed by atoms with Crippen molar-refractivity contribution in [3.05, 3.63) is 68.2 Å². The van der Waals surface area contributed by atoms with Crippen molar-refractivity contribution in [1.29, 1.82) is 0 Å². The van der Waals surface area contributed by atoms with E-state index in [-0.39, 0.29) is 40.8 Å². The molecule has 1 aliphatic carbocycles. The molecule has 1 amide bonds. The van der Waals surface area contributed by atoms with Gasteiger partial charge in [0, 0.05) is 29.7 Å². The lowest BCUT2D eigenvalue weighted by atomic mass is 9.90. The summed E-state index contributed by atoms with van der Waals surface area (Å²) in [5.74, 6) is 1.14. The number of halogens is 1. The topological polar surface area (TPSA) is 98.9 Å². The van der Waals surface area contributed by atoms with E-state index in [0.29, 0.717) is 30.6 Å². The number of hydrogen-bond donors (Lipinski definition) is 1. The first-order valence-corrected chi connectivity index (χ1v) is 14.5. The van der Waals surface area contributed by atoms with Crippen LogP contribution in [0.3, 0.4) is 0 Å². The first kappa shape index (κ1) is 24.3. The number of carbonyl (C=O) groups is 1. The van der Waals surface area contributed by atoms with Crippen molar-refractivity contribution < 1.29 is 9.18 Å². The third kappa shape index (κ3) is 4.59. The van der Waals surface area contributed by atoms with Gasteiger partial charge in [0.05, 0.1) is 16.5 Å². The Morgan fingerprint density at radius 2 is 1.76 bits per heavy atom. The molecule has 0 aromatic carbocycles. The highest BCUT2D eigenvalue weighted by Crippen LogP contribution is 2.31. The second kappa shape index (κ2) is 10.0. The number of fused-ring (bicyclic) bond motifs is 2. The lowest BCUT2D eigenvalue weighted by Gasteiger charge is -2.31. The highest BCUT2D eigenvalue weighted by atomic mass is 32.2. The fourth-order valence-electron chi connectivity index (χ4n) is 5.52. The summed E-state index contributed by atoms with van der Waals surface area (Å²) in [6.07, 6.45) is 6.83. The lowest BCUT2D eigenvalue weighted by Crippen LogP contribution is -2.46. The largest absolute Gasteiger partial charge is 0.349 e. The minimum Gasteiger partial charge on any atom is -0.349 e. The number of nitrogens with one attached hydrogen (secondary N) is 1. The van der Waals surface area contributed by atoms with Crippen LogP contribution in [0.15, 0.2) is 46.2 Å². The SMILES string of the molecule is O=C(NC1CCC(n2c(=O)c3cc(F)cnc3n(C3CCSCC3)c2=O)CC1)c1cc2cccnc2s1. The van der Waals surface area contributed by atoms with Crippen LogP contribution in [-0.2, 0) is 0 Å². The number of carbonyl (C=O) groups excluding carboxylic acids is 1. The first-order valence-electron chi connectivity index (χ1n) is 12.5. The Kier molecular flexibility index (Phi) is 6.58. The highest BCUT2D eigenvalue weighted by Gasteiger charge is 2.30. The smallest absolute Gasteiger partial charge is 0.333 e. The first-order chi connectivity index (χ1) is 18.0. The molecular formula is C26H26FN5O3S2. The van der Waals surface area contributed by atoms with E-state index in [1.54, 1.807) is 10.8 Å². The van der Waals surface area contributed by atoms with E-state index in [9.17, 15) is 18.8 Å². The van der Waals surface area contributed by atoms with E-state index in [4.69, 9.17) is 0 Å². The Bertz CT molecular complexity index is 1570. The zero-order valence-corrected chi connectivity index (χ0v) is 21.7. The zero-order chi connectivity index (χ0) is 25.5. The maximum atomic E-state index is 14.1. The zero-order valence-electron chi connectivity index (χ0n) is 20.1. The number of hydrogen-bond acceptors (Lipinski definition) is 7. The number of thioether (sulfide) groups is 1. The van der Waals surface area contributed by atoms with Gasteiger partial charge in [-0.05, 0) is 68.2 Å². The number of rotatable bonds is 4. The normalized spacial score (nSPS) is 20.9. The van der Waals surface area contributed by atoms with E-state index < -0.39 is 11.4 Å². The average Bonchev–Trinajstić information content (AvgIpc) is 3.36. The minimum absolute atomic E-state index is 0.0465. The van der Waals surface area contributed by atoms with Crippen LogP contribution in [0.5, 0.6) is 0 Å². The molecule has 0 radical (unpaired) electrons. The molecule has 37 heavy (non-hydrogen) atoms. The molecule has 1 saturated heterocycles. The standard InChI is InChI=1S/C26H26FN5O3S2/c27-16-13-20-22(29-14-16)31(19-7-10-36-11-8-19)26(35)32(25(20)34)18-5-3-17(4-6-18)30-23(33)21-12-15-2-1-9-28-24(15)37-21/h1-2,9,12-14,17-19H,3-8,10-11H2,(H,30,33). The van der Waals surface area contributed by atoms with Gasteiger partial charge in [0.15, 0.2) is 0 Å². The number of thiophene rings is 1. The molecule has 1 saturated carbocycles. The Morgan fingerprint density at radius 3 is 2.51 bits per heavy atom. The third-order valence-corrected chi connectivity index (χ3v) is 9.50. The summed E-state index contributed by atoms with van der Waals surface area (Å²) in [7, 11) is 0. The molecule has 6 rings (SSSR count). The molecule has 0 unspecified atom stereocenters. The molecule has 4 aromatic heterocycles. The van der Waals surface area contributed by atoms with E-state index in [0.717, 1.165) is 40.8 Å². The summed E-state index contributed by atoms with van der Waals surface area (Å²) in [6, 6.07) is 6.41. The molecule has 0 bridgehead atoms. The van der Waals surface area contributed by atoms with Crippen LogP contribution in [0, 0.1) is 5.82 Å². The molecule has 2 aliphatic rings. The summed E-state index contributed by atoms with van der Waals surface area (Å²) in [5, 5.41) is 4.19. The molecule has 1 N–H and O–H groups in total. The Hall–Kier alpha value is -3.05. The Morgan fingerprint density at radius 1 is 1.00 bits per heavy atom. The predicted molar refractivity (Wildman–Crippen MR) is 144 cm³/mol. The molecule has 0 atom stereocenters. The maximum absolute atomic E-state index is 14.1. The van der Waals surface area contributed by atoms with Crippen molar-refractivity contribution in [2.75, 3.05) is 11.5 Å². The monoisotopic (exact) mass is 539 g/mol. The lowest BCUT2D eigenvalue weighted by molar-refractivity contribution is 0.0926. The molecule has 192 valence electrons. The average molecular weight is 540 g/mol. The van der Waals surface area contributed by atoms with Crippen molar-refractivity contribution in [2.45, 2.75) is 56.7 Å². The van der Waals surface area contributed by atoms with Crippen molar-refractivity contribution in [3.63, 3.8) is 0 Å². The van der Waals surface area contributed by atoms with Crippen LogP contribution in [0.2, 0.25) is 0 Å². The minimum atomic E-state index is -0.594. The van der Waals surface area contributed by atoms with Crippen LogP contribution in [0.1, 0.15) is 60.3 Å². The predicted octanol–water partition coefficient (Wildman–Crippen LogP) is 4.29. The highest BCUT2D eigenvalue weighted by molar-refractivity contribution is 7.99. The summed E-state index contributed by atoms with van der Waals surface area (Å²) in [5.41, 5.74) is -0.583. The van der Waals surface area contributed by atoms with Crippen LogP contribution in [-0.4, -0.2) is 42.6 Å². The third-order valence-electron chi connectivity index (χ3n) is 7.39. The van der Waals surface area contributed by atoms with Gasteiger partial charge in [0.25, 0.3) is 11.5 Å². The Balaban J connectivity index is 1.25. The van der Waals surface area contributed by atoms with Crippen molar-refractivity contribution in [3.8, 4) is 0 Å². The van der Waals surface area contributed by atoms with Crippen molar-refractivity contribution >= 4 is 50.3 Å². The summed E-state index contributed by atoms with van der Waals surface area (Å²) < 4.78 is 17.0. The Labute approximate surface area is 219 Å². The van der Waals surface area contributed by atoms with E-state index in [1.165, 1.54) is 22.0 Å². The van der Waals surface area contributed by atoms with Crippen LogP contribution in [0.4, 0.5) is 4.39 Å². The molecule has 1 aliphatic heterocycles. The maximum Gasteiger partial charge on any atom is 0.333 e. The van der Waals surface area contributed by atoms with Gasteiger partial charge in [-0.1, -0.05) is 6.07 Å². The number of pyridine rings is 2. The summed E-state index contributed by atoms with van der Waals surface area (Å²) in [6.45, 7) is 0. The molecular weight excluding hydrogens is 513 g/mol. The van der Waals surface area contributed by atoms with Gasteiger partial charge in [-0.25, -0.2) is 19.2 Å². The fraction of sp³-hybridized carbons (Fsp3) is 0.423. The summed E-state index contributed by atoms with van der Waals surface area (Å²) >= 11 is 3.21. The molecule has 8 nitrogen and oxygen atoms in total. The van der Waals surface area contributed by atoms with E-state index >= 15 is 0 Å². The van der Waals surface area contributed by atoms with Gasteiger partial charge < -0.3 is 5.32 Å². The van der Waals surface area contributed by atoms with Gasteiger partial charge in [-0.2, -0.15) is 11.8 Å². The quantitative estimate of drug-likeness (QED) is 0.416. The van der Waals surface area contributed by atoms with Gasteiger partial charge in [0.2, 0.25) is 0 Å². The van der Waals surface area contributed by atoms with E-state index in [2.05, 4.69) is 15.3 Å². The van der Waals surface area contributed by atoms with Crippen LogP contribution < -0.4 is 16.6 Å². The fourth-order valence-corrected chi connectivity index (χ4v) is 7.50. The van der Waals surface area contributed by atoms with Crippen LogP contribution >= 0.6 is 23.1 Å². The second-order valence-electron chi connectivity index (χ2n) is 9.68. The number of nitrogens with zero attached hydrogens (tertiary/aromatic N) is 4. The molecule has 0 spiro atoms.